The molecule has 0 aliphatic carbocycles. The molecule has 2 N–H and O–H groups in total. The summed E-state index contributed by atoms with van der Waals surface area (Å²) in [7, 11) is 0. The first-order chi connectivity index (χ1) is 13.7. The van der Waals surface area contributed by atoms with Crippen LogP contribution in [-0.2, 0) is 19.2 Å². The molecule has 0 heterocycles. The molecule has 0 spiro atoms. The van der Waals surface area contributed by atoms with Crippen molar-refractivity contribution in [3.63, 3.8) is 0 Å². The Balaban J connectivity index is 2.28. The third-order valence-corrected chi connectivity index (χ3v) is 4.09. The Bertz CT molecular complexity index is 863. The van der Waals surface area contributed by atoms with Crippen molar-refractivity contribution < 1.29 is 38.9 Å². The van der Waals surface area contributed by atoms with Crippen molar-refractivity contribution in [2.75, 3.05) is 0 Å². The maximum Gasteiger partial charge on any atom is 0.332 e. The highest BCUT2D eigenvalue weighted by Gasteiger charge is 2.49. The van der Waals surface area contributed by atoms with Gasteiger partial charge in [-0.25, -0.2) is 4.79 Å². The highest BCUT2D eigenvalue weighted by Crippen LogP contribution is 2.36. The number of aliphatic carboxylic acids is 2. The summed E-state index contributed by atoms with van der Waals surface area (Å²) in [5, 5.41) is 19.0. The van der Waals surface area contributed by atoms with Crippen LogP contribution in [0, 0.1) is 5.41 Å². The van der Waals surface area contributed by atoms with E-state index in [1.54, 1.807) is 36.4 Å². The first-order valence-corrected chi connectivity index (χ1v) is 8.42. The Hall–Kier alpha value is -3.94. The molecule has 0 atom stereocenters. The van der Waals surface area contributed by atoms with Crippen molar-refractivity contribution in [3.05, 3.63) is 72.8 Å². The van der Waals surface area contributed by atoms with Crippen molar-refractivity contribution in [2.45, 2.75) is 12.8 Å². The number of esters is 2. The van der Waals surface area contributed by atoms with Crippen molar-refractivity contribution in [1.29, 1.82) is 0 Å². The molecule has 8 nitrogen and oxygen atoms in total. The lowest BCUT2D eigenvalue weighted by atomic mass is 9.75. The highest BCUT2D eigenvalue weighted by atomic mass is 16.5. The lowest BCUT2D eigenvalue weighted by Gasteiger charge is -2.27. The van der Waals surface area contributed by atoms with E-state index in [2.05, 4.69) is 6.58 Å². The van der Waals surface area contributed by atoms with E-state index in [4.69, 9.17) is 9.47 Å². The molecule has 2 aromatic rings. The van der Waals surface area contributed by atoms with Gasteiger partial charge in [0.2, 0.25) is 0 Å². The number of rotatable bonds is 9. The summed E-state index contributed by atoms with van der Waals surface area (Å²) in [6.07, 6.45) is -1.85. The minimum atomic E-state index is -2.44. The van der Waals surface area contributed by atoms with Crippen LogP contribution >= 0.6 is 0 Å². The number of benzene rings is 2. The van der Waals surface area contributed by atoms with Gasteiger partial charge in [-0.1, -0.05) is 43.0 Å². The molecule has 0 aliphatic heterocycles. The quantitative estimate of drug-likeness (QED) is 0.375. The molecule has 0 bridgehead atoms. The Morgan fingerprint density at radius 2 is 1.14 bits per heavy atom. The maximum atomic E-state index is 12.3. The summed E-state index contributed by atoms with van der Waals surface area (Å²) in [6, 6.07) is 15.6. The first kappa shape index (κ1) is 21.4. The predicted molar refractivity (Wildman–Crippen MR) is 100 cm³/mol. The van der Waals surface area contributed by atoms with Crippen molar-refractivity contribution in [2.24, 2.45) is 5.41 Å². The average molecular weight is 398 g/mol. The van der Waals surface area contributed by atoms with Gasteiger partial charge < -0.3 is 19.7 Å². The molecule has 0 saturated heterocycles. The number of ether oxygens (including phenoxy) is 2. The molecule has 150 valence electrons. The zero-order valence-corrected chi connectivity index (χ0v) is 15.2. The molecule has 0 unspecified atom stereocenters. The second kappa shape index (κ2) is 9.32. The van der Waals surface area contributed by atoms with E-state index in [0.29, 0.717) is 0 Å². The van der Waals surface area contributed by atoms with Crippen LogP contribution in [0.2, 0.25) is 0 Å². The number of hydrogen-bond donors (Lipinski definition) is 2. The van der Waals surface area contributed by atoms with E-state index in [1.165, 1.54) is 24.3 Å². The van der Waals surface area contributed by atoms with Gasteiger partial charge in [-0.05, 0) is 24.3 Å². The normalized spacial score (nSPS) is 10.6. The van der Waals surface area contributed by atoms with Crippen LogP contribution < -0.4 is 9.47 Å². The molecule has 0 aromatic heterocycles. The van der Waals surface area contributed by atoms with E-state index < -0.39 is 47.7 Å². The zero-order valence-electron chi connectivity index (χ0n) is 15.2. The SMILES string of the molecule is C=C(C(=O)O)C(CC(=O)Oc1ccccc1)(CC(=O)Oc1ccccc1)C(=O)O. The summed E-state index contributed by atoms with van der Waals surface area (Å²) in [4.78, 5) is 48.1. The van der Waals surface area contributed by atoms with E-state index in [-0.39, 0.29) is 11.5 Å². The zero-order chi connectivity index (χ0) is 21.4. The molecule has 0 radical (unpaired) electrons. The second-order valence-electron chi connectivity index (χ2n) is 6.10. The number of carboxylic acids is 2. The number of carboxylic acid groups (broad SMARTS) is 2. The van der Waals surface area contributed by atoms with Crippen LogP contribution in [0.15, 0.2) is 72.8 Å². The fraction of sp³-hybridized carbons (Fsp3) is 0.143. The molecule has 8 heteroatoms. The van der Waals surface area contributed by atoms with Crippen LogP contribution in [0.3, 0.4) is 0 Å². The monoisotopic (exact) mass is 398 g/mol. The van der Waals surface area contributed by atoms with Gasteiger partial charge >= 0.3 is 23.9 Å². The third-order valence-electron chi connectivity index (χ3n) is 4.09. The molecule has 0 fully saturated rings. The van der Waals surface area contributed by atoms with Gasteiger partial charge in [-0.2, -0.15) is 0 Å². The van der Waals surface area contributed by atoms with Crippen molar-refractivity contribution in [1.82, 2.24) is 0 Å². The Labute approximate surface area is 166 Å². The van der Waals surface area contributed by atoms with Gasteiger partial charge in [0.25, 0.3) is 0 Å². The molecule has 2 rings (SSSR count). The Morgan fingerprint density at radius 3 is 1.45 bits per heavy atom. The molecule has 2 aromatic carbocycles. The molecule has 0 aliphatic rings. The van der Waals surface area contributed by atoms with E-state index in [1.807, 2.05) is 0 Å². The smallest absolute Gasteiger partial charge is 0.332 e. The number of hydrogen-bond acceptors (Lipinski definition) is 6. The summed E-state index contributed by atoms with van der Waals surface area (Å²) in [6.45, 7) is 3.27. The lowest BCUT2D eigenvalue weighted by Crippen LogP contribution is -2.41. The van der Waals surface area contributed by atoms with Crippen LogP contribution in [-0.4, -0.2) is 34.1 Å². The predicted octanol–water partition coefficient (Wildman–Crippen LogP) is 2.69. The average Bonchev–Trinajstić information content (AvgIpc) is 2.68. The highest BCUT2D eigenvalue weighted by molar-refractivity contribution is 6.00. The lowest BCUT2D eigenvalue weighted by molar-refractivity contribution is -0.158. The van der Waals surface area contributed by atoms with Gasteiger partial charge in [-0.3, -0.25) is 14.4 Å². The summed E-state index contributed by atoms with van der Waals surface area (Å²) in [5.41, 5.74) is -3.27. The first-order valence-electron chi connectivity index (χ1n) is 8.42. The summed E-state index contributed by atoms with van der Waals surface area (Å²) < 4.78 is 10.1. The third kappa shape index (κ3) is 5.52. The van der Waals surface area contributed by atoms with Gasteiger partial charge in [0.1, 0.15) is 16.9 Å². The number of carbonyl (C=O) groups excluding carboxylic acids is 2. The van der Waals surface area contributed by atoms with Crippen LogP contribution in [0.4, 0.5) is 0 Å². The number of para-hydroxylation sites is 2. The molecule has 29 heavy (non-hydrogen) atoms. The van der Waals surface area contributed by atoms with E-state index in [0.717, 1.165) is 0 Å². The van der Waals surface area contributed by atoms with Crippen LogP contribution in [0.1, 0.15) is 12.8 Å². The molecule has 0 saturated carbocycles. The molecule has 0 amide bonds. The molecular weight excluding hydrogens is 380 g/mol. The fourth-order valence-electron chi connectivity index (χ4n) is 2.57. The van der Waals surface area contributed by atoms with Gasteiger partial charge in [0.15, 0.2) is 0 Å². The summed E-state index contributed by atoms with van der Waals surface area (Å²) in [5.74, 6) is -5.15. The van der Waals surface area contributed by atoms with E-state index in [9.17, 15) is 29.4 Å². The van der Waals surface area contributed by atoms with Gasteiger partial charge in [-0.15, -0.1) is 0 Å². The van der Waals surface area contributed by atoms with Crippen LogP contribution in [0.5, 0.6) is 11.5 Å². The van der Waals surface area contributed by atoms with Crippen LogP contribution in [0.25, 0.3) is 0 Å². The minimum absolute atomic E-state index is 0.143. The topological polar surface area (TPSA) is 127 Å². The number of carbonyl (C=O) groups is 4. The second-order valence-corrected chi connectivity index (χ2v) is 6.10. The Kier molecular flexibility index (Phi) is 6.86. The largest absolute Gasteiger partial charge is 0.481 e. The van der Waals surface area contributed by atoms with E-state index >= 15 is 0 Å². The van der Waals surface area contributed by atoms with Gasteiger partial charge in [0, 0.05) is 5.57 Å². The minimum Gasteiger partial charge on any atom is -0.481 e. The fourth-order valence-corrected chi connectivity index (χ4v) is 2.57. The summed E-state index contributed by atoms with van der Waals surface area (Å²) >= 11 is 0. The molecular formula is C21H18O8. The van der Waals surface area contributed by atoms with Crippen molar-refractivity contribution >= 4 is 23.9 Å². The Morgan fingerprint density at radius 1 is 0.759 bits per heavy atom. The van der Waals surface area contributed by atoms with Gasteiger partial charge in [0.05, 0.1) is 12.8 Å². The maximum absolute atomic E-state index is 12.3. The standard InChI is InChI=1S/C21H18O8/c1-14(19(24)25)21(20(26)27,12-17(22)28-15-8-4-2-5-9-15)13-18(23)29-16-10-6-3-7-11-16/h2-11H,1,12-13H2,(H,24,25)(H,26,27). The van der Waals surface area contributed by atoms with Crippen molar-refractivity contribution in [3.8, 4) is 11.5 Å².